The molecular formula is C16H24N2O2. The van der Waals surface area contributed by atoms with E-state index in [0.29, 0.717) is 29.5 Å². The molecule has 0 heterocycles. The van der Waals surface area contributed by atoms with Crippen LogP contribution in [0.15, 0.2) is 18.2 Å². The topological polar surface area (TPSA) is 64.3 Å². The lowest BCUT2D eigenvalue weighted by atomic mass is 9.86. The van der Waals surface area contributed by atoms with E-state index in [4.69, 9.17) is 10.5 Å². The van der Waals surface area contributed by atoms with Gasteiger partial charge in [0.15, 0.2) is 0 Å². The van der Waals surface area contributed by atoms with E-state index in [9.17, 15) is 4.79 Å². The van der Waals surface area contributed by atoms with Crippen molar-refractivity contribution < 1.29 is 9.53 Å². The van der Waals surface area contributed by atoms with Crippen molar-refractivity contribution >= 4 is 11.6 Å². The molecule has 4 nitrogen and oxygen atoms in total. The molecule has 1 fully saturated rings. The van der Waals surface area contributed by atoms with Crippen LogP contribution in [0.4, 0.5) is 5.69 Å². The Labute approximate surface area is 120 Å². The normalized spacial score (nSPS) is 22.3. The van der Waals surface area contributed by atoms with E-state index in [-0.39, 0.29) is 11.9 Å². The van der Waals surface area contributed by atoms with Crippen molar-refractivity contribution in [1.29, 1.82) is 0 Å². The molecule has 110 valence electrons. The minimum atomic E-state index is -0.0373. The summed E-state index contributed by atoms with van der Waals surface area (Å²) in [5, 5.41) is 3.14. The first-order valence-corrected chi connectivity index (χ1v) is 7.45. The van der Waals surface area contributed by atoms with Gasteiger partial charge in [0.2, 0.25) is 0 Å². The molecule has 2 unspecified atom stereocenters. The number of rotatable bonds is 4. The van der Waals surface area contributed by atoms with Gasteiger partial charge in [-0.25, -0.2) is 0 Å². The van der Waals surface area contributed by atoms with Crippen LogP contribution in [-0.4, -0.2) is 18.6 Å². The number of hydrogen-bond donors (Lipinski definition) is 2. The maximum Gasteiger partial charge on any atom is 0.251 e. The second-order valence-electron chi connectivity index (χ2n) is 5.53. The summed E-state index contributed by atoms with van der Waals surface area (Å²) in [5.41, 5.74) is 7.00. The summed E-state index contributed by atoms with van der Waals surface area (Å²) in [7, 11) is 0. The predicted octanol–water partition coefficient (Wildman–Crippen LogP) is 2.98. The molecule has 0 spiro atoms. The minimum absolute atomic E-state index is 0.0373. The van der Waals surface area contributed by atoms with Gasteiger partial charge >= 0.3 is 0 Å². The van der Waals surface area contributed by atoms with Gasteiger partial charge in [0, 0.05) is 11.6 Å². The number of anilines is 1. The van der Waals surface area contributed by atoms with E-state index in [1.54, 1.807) is 18.2 Å². The average molecular weight is 276 g/mol. The molecule has 2 rings (SSSR count). The molecule has 1 aliphatic rings. The maximum atomic E-state index is 12.3. The Kier molecular flexibility index (Phi) is 4.88. The second kappa shape index (κ2) is 6.64. The van der Waals surface area contributed by atoms with Gasteiger partial charge < -0.3 is 15.8 Å². The molecule has 1 aromatic rings. The highest BCUT2D eigenvalue weighted by Gasteiger charge is 2.23. The quantitative estimate of drug-likeness (QED) is 0.831. The molecular weight excluding hydrogens is 252 g/mol. The number of nitrogens with one attached hydrogen (secondary N) is 1. The van der Waals surface area contributed by atoms with Crippen LogP contribution in [0.1, 0.15) is 49.9 Å². The van der Waals surface area contributed by atoms with Gasteiger partial charge in [-0.2, -0.15) is 0 Å². The van der Waals surface area contributed by atoms with Crippen LogP contribution in [0.2, 0.25) is 0 Å². The molecule has 0 radical (unpaired) electrons. The van der Waals surface area contributed by atoms with Crippen LogP contribution >= 0.6 is 0 Å². The Bertz CT molecular complexity index is 474. The summed E-state index contributed by atoms with van der Waals surface area (Å²) >= 11 is 0. The highest BCUT2D eigenvalue weighted by Crippen LogP contribution is 2.25. The van der Waals surface area contributed by atoms with Gasteiger partial charge in [0.1, 0.15) is 5.75 Å². The fourth-order valence-electron chi connectivity index (χ4n) is 2.74. The molecule has 20 heavy (non-hydrogen) atoms. The lowest BCUT2D eigenvalue weighted by Crippen LogP contribution is -2.41. The lowest BCUT2D eigenvalue weighted by Gasteiger charge is -2.29. The standard InChI is InChI=1S/C16H24N2O2/c1-3-20-15-10-12(8-9-13(15)17)16(19)18-14-7-5-4-6-11(14)2/h8-11,14H,3-7,17H2,1-2H3,(H,18,19). The van der Waals surface area contributed by atoms with Crippen molar-refractivity contribution in [2.24, 2.45) is 5.92 Å². The zero-order valence-electron chi connectivity index (χ0n) is 12.3. The number of carbonyl (C=O) groups is 1. The Balaban J connectivity index is 2.06. The molecule has 3 N–H and O–H groups in total. The summed E-state index contributed by atoms with van der Waals surface area (Å²) in [6.07, 6.45) is 4.72. The molecule has 0 bridgehead atoms. The predicted molar refractivity (Wildman–Crippen MR) is 80.9 cm³/mol. The Hall–Kier alpha value is -1.71. The Morgan fingerprint density at radius 1 is 1.40 bits per heavy atom. The van der Waals surface area contributed by atoms with E-state index < -0.39 is 0 Å². The number of amides is 1. The zero-order chi connectivity index (χ0) is 14.5. The SMILES string of the molecule is CCOc1cc(C(=O)NC2CCCCC2C)ccc1N. The number of nitrogens with two attached hydrogens (primary N) is 1. The zero-order valence-corrected chi connectivity index (χ0v) is 12.3. The first kappa shape index (κ1) is 14.7. The molecule has 1 saturated carbocycles. The summed E-state index contributed by atoms with van der Waals surface area (Å²) in [4.78, 5) is 12.3. The van der Waals surface area contributed by atoms with Crippen molar-refractivity contribution in [2.45, 2.75) is 45.6 Å². The molecule has 0 aliphatic heterocycles. The Morgan fingerprint density at radius 2 is 2.15 bits per heavy atom. The van der Waals surface area contributed by atoms with Gasteiger partial charge in [-0.3, -0.25) is 4.79 Å². The van der Waals surface area contributed by atoms with Crippen LogP contribution in [0.25, 0.3) is 0 Å². The van der Waals surface area contributed by atoms with Gasteiger partial charge in [-0.05, 0) is 43.9 Å². The summed E-state index contributed by atoms with van der Waals surface area (Å²) in [5.74, 6) is 1.09. The average Bonchev–Trinajstić information content (AvgIpc) is 2.44. The van der Waals surface area contributed by atoms with E-state index in [0.717, 1.165) is 6.42 Å². The van der Waals surface area contributed by atoms with Gasteiger partial charge in [-0.15, -0.1) is 0 Å². The smallest absolute Gasteiger partial charge is 0.251 e. The molecule has 2 atom stereocenters. The van der Waals surface area contributed by atoms with Crippen molar-refractivity contribution in [3.05, 3.63) is 23.8 Å². The number of benzene rings is 1. The summed E-state index contributed by atoms with van der Waals surface area (Å²) in [6.45, 7) is 4.64. The molecule has 0 saturated heterocycles. The van der Waals surface area contributed by atoms with E-state index >= 15 is 0 Å². The lowest BCUT2D eigenvalue weighted by molar-refractivity contribution is 0.0910. The minimum Gasteiger partial charge on any atom is -0.492 e. The fraction of sp³-hybridized carbons (Fsp3) is 0.562. The van der Waals surface area contributed by atoms with Crippen molar-refractivity contribution in [1.82, 2.24) is 5.32 Å². The number of nitrogen functional groups attached to an aromatic ring is 1. The van der Waals surface area contributed by atoms with E-state index in [1.165, 1.54) is 19.3 Å². The molecule has 1 aliphatic carbocycles. The maximum absolute atomic E-state index is 12.3. The third-order valence-electron chi connectivity index (χ3n) is 4.00. The van der Waals surface area contributed by atoms with E-state index in [2.05, 4.69) is 12.2 Å². The van der Waals surface area contributed by atoms with E-state index in [1.807, 2.05) is 6.92 Å². The molecule has 1 aromatic carbocycles. The summed E-state index contributed by atoms with van der Waals surface area (Å²) < 4.78 is 5.43. The first-order valence-electron chi connectivity index (χ1n) is 7.45. The number of carbonyl (C=O) groups excluding carboxylic acids is 1. The summed E-state index contributed by atoms with van der Waals surface area (Å²) in [6, 6.07) is 5.48. The fourth-order valence-corrected chi connectivity index (χ4v) is 2.74. The highest BCUT2D eigenvalue weighted by atomic mass is 16.5. The second-order valence-corrected chi connectivity index (χ2v) is 5.53. The third kappa shape index (κ3) is 3.44. The van der Waals surface area contributed by atoms with Gasteiger partial charge in [-0.1, -0.05) is 19.8 Å². The molecule has 0 aromatic heterocycles. The molecule has 4 heteroatoms. The van der Waals surface area contributed by atoms with Crippen LogP contribution in [-0.2, 0) is 0 Å². The number of ether oxygens (including phenoxy) is 1. The van der Waals surface area contributed by atoms with Crippen molar-refractivity contribution in [2.75, 3.05) is 12.3 Å². The van der Waals surface area contributed by atoms with Crippen molar-refractivity contribution in [3.8, 4) is 5.75 Å². The van der Waals surface area contributed by atoms with Gasteiger partial charge in [0.05, 0.1) is 12.3 Å². The van der Waals surface area contributed by atoms with Crippen molar-refractivity contribution in [3.63, 3.8) is 0 Å². The van der Waals surface area contributed by atoms with Gasteiger partial charge in [0.25, 0.3) is 5.91 Å². The largest absolute Gasteiger partial charge is 0.492 e. The third-order valence-corrected chi connectivity index (χ3v) is 4.00. The van der Waals surface area contributed by atoms with Crippen LogP contribution < -0.4 is 15.8 Å². The van der Waals surface area contributed by atoms with Crippen LogP contribution in [0, 0.1) is 5.92 Å². The van der Waals surface area contributed by atoms with Crippen LogP contribution in [0.3, 0.4) is 0 Å². The monoisotopic (exact) mass is 276 g/mol. The Morgan fingerprint density at radius 3 is 2.85 bits per heavy atom. The number of hydrogen-bond acceptors (Lipinski definition) is 3. The first-order chi connectivity index (χ1) is 9.61. The molecule has 1 amide bonds. The van der Waals surface area contributed by atoms with Crippen LogP contribution in [0.5, 0.6) is 5.75 Å². The highest BCUT2D eigenvalue weighted by molar-refractivity contribution is 5.95.